The molecule has 2 aliphatic rings. The molecule has 2 aromatic carbocycles. The van der Waals surface area contributed by atoms with Gasteiger partial charge in [0.15, 0.2) is 0 Å². The van der Waals surface area contributed by atoms with Crippen LogP contribution >= 0.6 is 11.6 Å². The SMILES string of the molecule is CN1[C@@H]2C=C[C@H]1CC(N(Cc1ccccc1)C(=O)Nc1ccc(C(F)(F)F)c(Cl)c1)C2. The topological polar surface area (TPSA) is 35.6 Å². The Morgan fingerprint density at radius 2 is 1.77 bits per heavy atom. The van der Waals surface area contributed by atoms with E-state index in [1.165, 1.54) is 6.07 Å². The van der Waals surface area contributed by atoms with Crippen LogP contribution in [-0.4, -0.2) is 41.0 Å². The van der Waals surface area contributed by atoms with Gasteiger partial charge in [-0.15, -0.1) is 0 Å². The first kappa shape index (κ1) is 21.7. The number of carbonyl (C=O) groups excluding carboxylic acids is 1. The Morgan fingerprint density at radius 1 is 1.13 bits per heavy atom. The molecule has 1 saturated heterocycles. The van der Waals surface area contributed by atoms with Crippen molar-refractivity contribution in [1.29, 1.82) is 0 Å². The van der Waals surface area contributed by atoms with E-state index in [-0.39, 0.29) is 29.8 Å². The first-order valence-corrected chi connectivity index (χ1v) is 10.5. The highest BCUT2D eigenvalue weighted by molar-refractivity contribution is 6.31. The number of nitrogens with zero attached hydrogens (tertiary/aromatic N) is 2. The standard InChI is InChI=1S/C23H23ClF3N3O/c1-29-17-8-9-18(29)13-19(12-17)30(14-15-5-3-2-4-6-15)22(31)28-16-7-10-20(21(24)11-16)23(25,26)27/h2-11,17-19H,12-14H2,1H3,(H,28,31)/t17-,18+,19?. The summed E-state index contributed by atoms with van der Waals surface area (Å²) in [6.07, 6.45) is 1.42. The molecular weight excluding hydrogens is 427 g/mol. The van der Waals surface area contributed by atoms with E-state index in [9.17, 15) is 18.0 Å². The summed E-state index contributed by atoms with van der Waals surface area (Å²) in [5.74, 6) is 0. The highest BCUT2D eigenvalue weighted by Crippen LogP contribution is 2.36. The summed E-state index contributed by atoms with van der Waals surface area (Å²) < 4.78 is 38.9. The van der Waals surface area contributed by atoms with Gasteiger partial charge in [-0.1, -0.05) is 54.1 Å². The van der Waals surface area contributed by atoms with Gasteiger partial charge in [-0.2, -0.15) is 13.2 Å². The summed E-state index contributed by atoms with van der Waals surface area (Å²) in [5, 5.41) is 2.30. The Kier molecular flexibility index (Phi) is 5.99. The van der Waals surface area contributed by atoms with Crippen molar-refractivity contribution in [2.75, 3.05) is 12.4 Å². The molecule has 4 rings (SSSR count). The molecular formula is C23H23ClF3N3O. The number of hydrogen-bond donors (Lipinski definition) is 1. The van der Waals surface area contributed by atoms with Gasteiger partial charge < -0.3 is 10.2 Å². The number of alkyl halides is 3. The molecule has 2 heterocycles. The number of halogens is 4. The fraction of sp³-hybridized carbons (Fsp3) is 0.348. The van der Waals surface area contributed by atoms with Crippen molar-refractivity contribution < 1.29 is 18.0 Å². The lowest BCUT2D eigenvalue weighted by atomic mass is 9.95. The number of amides is 2. The van der Waals surface area contributed by atoms with Crippen molar-refractivity contribution in [3.05, 3.63) is 76.8 Å². The first-order valence-electron chi connectivity index (χ1n) is 10.1. The third kappa shape index (κ3) is 4.72. The zero-order valence-electron chi connectivity index (χ0n) is 16.9. The number of benzene rings is 2. The smallest absolute Gasteiger partial charge is 0.317 e. The summed E-state index contributed by atoms with van der Waals surface area (Å²) in [7, 11) is 2.08. The van der Waals surface area contributed by atoms with Crippen LogP contribution in [0.3, 0.4) is 0 Å². The number of piperidine rings is 1. The summed E-state index contributed by atoms with van der Waals surface area (Å²) >= 11 is 5.82. The van der Waals surface area contributed by atoms with Crippen LogP contribution in [-0.2, 0) is 12.7 Å². The van der Waals surface area contributed by atoms with Gasteiger partial charge in [-0.05, 0) is 43.7 Å². The molecule has 4 nitrogen and oxygen atoms in total. The van der Waals surface area contributed by atoms with Gasteiger partial charge >= 0.3 is 12.2 Å². The number of rotatable bonds is 4. The van der Waals surface area contributed by atoms with E-state index in [2.05, 4.69) is 29.4 Å². The molecule has 0 saturated carbocycles. The lowest BCUT2D eigenvalue weighted by Crippen LogP contribution is -2.51. The third-order valence-electron chi connectivity index (χ3n) is 6.05. The fourth-order valence-electron chi connectivity index (χ4n) is 4.34. The number of fused-ring (bicyclic) bond motifs is 2. The minimum absolute atomic E-state index is 0.00586. The van der Waals surface area contributed by atoms with Crippen molar-refractivity contribution >= 4 is 23.3 Å². The van der Waals surface area contributed by atoms with Gasteiger partial charge in [0.1, 0.15) is 0 Å². The number of anilines is 1. The molecule has 8 heteroatoms. The molecule has 1 unspecified atom stereocenters. The second kappa shape index (κ2) is 8.55. The van der Waals surface area contributed by atoms with Gasteiger partial charge in [-0.25, -0.2) is 4.79 Å². The Labute approximate surface area is 184 Å². The molecule has 2 bridgehead atoms. The molecule has 31 heavy (non-hydrogen) atoms. The maximum absolute atomic E-state index is 13.2. The third-order valence-corrected chi connectivity index (χ3v) is 6.36. The first-order chi connectivity index (χ1) is 14.7. The predicted molar refractivity (Wildman–Crippen MR) is 115 cm³/mol. The van der Waals surface area contributed by atoms with E-state index in [0.717, 1.165) is 30.5 Å². The average Bonchev–Trinajstić information content (AvgIpc) is 2.92. The molecule has 0 spiro atoms. The number of hydrogen-bond acceptors (Lipinski definition) is 2. The number of carbonyl (C=O) groups is 1. The van der Waals surface area contributed by atoms with E-state index in [0.29, 0.717) is 6.54 Å². The van der Waals surface area contributed by atoms with E-state index < -0.39 is 16.8 Å². The van der Waals surface area contributed by atoms with Crippen LogP contribution < -0.4 is 5.32 Å². The van der Waals surface area contributed by atoms with Crippen molar-refractivity contribution in [2.24, 2.45) is 0 Å². The Morgan fingerprint density at radius 3 is 2.35 bits per heavy atom. The van der Waals surface area contributed by atoms with Gasteiger partial charge in [0.05, 0.1) is 10.6 Å². The molecule has 164 valence electrons. The average molecular weight is 450 g/mol. The van der Waals surface area contributed by atoms with Crippen LogP contribution in [0.15, 0.2) is 60.7 Å². The van der Waals surface area contributed by atoms with E-state index >= 15 is 0 Å². The molecule has 0 radical (unpaired) electrons. The van der Waals surface area contributed by atoms with Crippen LogP contribution in [0, 0.1) is 0 Å². The number of urea groups is 1. The van der Waals surface area contributed by atoms with Crippen LogP contribution in [0.5, 0.6) is 0 Å². The molecule has 2 aliphatic heterocycles. The minimum Gasteiger partial charge on any atom is -0.317 e. The molecule has 1 fully saturated rings. The minimum atomic E-state index is -4.54. The van der Waals surface area contributed by atoms with Crippen molar-refractivity contribution in [2.45, 2.75) is 43.7 Å². The van der Waals surface area contributed by atoms with Crippen LogP contribution in [0.1, 0.15) is 24.0 Å². The highest BCUT2D eigenvalue weighted by atomic mass is 35.5. The Balaban J connectivity index is 1.55. The van der Waals surface area contributed by atoms with Crippen LogP contribution in [0.25, 0.3) is 0 Å². The Hall–Kier alpha value is -2.51. The normalized spacial score (nSPS) is 23.1. The second-order valence-electron chi connectivity index (χ2n) is 8.05. The molecule has 1 N–H and O–H groups in total. The lowest BCUT2D eigenvalue weighted by molar-refractivity contribution is -0.137. The zero-order chi connectivity index (χ0) is 22.2. The van der Waals surface area contributed by atoms with Gasteiger partial charge in [0.2, 0.25) is 0 Å². The van der Waals surface area contributed by atoms with Gasteiger partial charge in [0, 0.05) is 30.4 Å². The van der Waals surface area contributed by atoms with Crippen molar-refractivity contribution in [3.8, 4) is 0 Å². The van der Waals surface area contributed by atoms with E-state index in [4.69, 9.17) is 11.6 Å². The molecule has 2 amide bonds. The zero-order valence-corrected chi connectivity index (χ0v) is 17.7. The number of likely N-dealkylation sites (N-methyl/N-ethyl adjacent to an activating group) is 1. The van der Waals surface area contributed by atoms with Gasteiger partial charge in [0.25, 0.3) is 0 Å². The molecule has 0 aliphatic carbocycles. The summed E-state index contributed by atoms with van der Waals surface area (Å²) in [5.41, 5.74) is 0.295. The second-order valence-corrected chi connectivity index (χ2v) is 8.45. The fourth-order valence-corrected chi connectivity index (χ4v) is 4.62. The number of nitrogens with one attached hydrogen (secondary N) is 1. The van der Waals surface area contributed by atoms with Gasteiger partial charge in [-0.3, -0.25) is 4.90 Å². The molecule has 2 aromatic rings. The summed E-state index contributed by atoms with van der Waals surface area (Å²) in [4.78, 5) is 17.3. The van der Waals surface area contributed by atoms with E-state index in [1.54, 1.807) is 4.90 Å². The highest BCUT2D eigenvalue weighted by Gasteiger charge is 2.39. The van der Waals surface area contributed by atoms with E-state index in [1.807, 2.05) is 30.3 Å². The maximum atomic E-state index is 13.2. The predicted octanol–water partition coefficient (Wildman–Crippen LogP) is 5.79. The monoisotopic (exact) mass is 449 g/mol. The Bertz CT molecular complexity index is 964. The van der Waals surface area contributed by atoms with Crippen LogP contribution in [0.4, 0.5) is 23.7 Å². The van der Waals surface area contributed by atoms with Crippen molar-refractivity contribution in [1.82, 2.24) is 9.80 Å². The molecule has 3 atom stereocenters. The lowest BCUT2D eigenvalue weighted by Gasteiger charge is -2.42. The summed E-state index contributed by atoms with van der Waals surface area (Å²) in [6, 6.07) is 13.1. The summed E-state index contributed by atoms with van der Waals surface area (Å²) in [6.45, 7) is 0.412. The maximum Gasteiger partial charge on any atom is 0.417 e. The molecule has 0 aromatic heterocycles. The largest absolute Gasteiger partial charge is 0.417 e. The van der Waals surface area contributed by atoms with Crippen molar-refractivity contribution in [3.63, 3.8) is 0 Å². The van der Waals surface area contributed by atoms with Crippen LogP contribution in [0.2, 0.25) is 5.02 Å². The quantitative estimate of drug-likeness (QED) is 0.599.